The highest BCUT2D eigenvalue weighted by Crippen LogP contribution is 2.25. The first-order valence-electron chi connectivity index (χ1n) is 7.59. The third-order valence-electron chi connectivity index (χ3n) is 3.62. The monoisotopic (exact) mass is 341 g/mol. The van der Waals surface area contributed by atoms with E-state index in [1.54, 1.807) is 36.5 Å². The molecule has 5 nitrogen and oxygen atoms in total. The number of rotatable bonds is 5. The smallest absolute Gasteiger partial charge is 0.253 e. The minimum absolute atomic E-state index is 0.00680. The van der Waals surface area contributed by atoms with Crippen molar-refractivity contribution in [1.29, 1.82) is 0 Å². The molecule has 0 radical (unpaired) electrons. The minimum Gasteiger partial charge on any atom is -0.438 e. The third-order valence-corrected chi connectivity index (χ3v) is 4.51. The van der Waals surface area contributed by atoms with E-state index in [1.807, 2.05) is 42.6 Å². The van der Waals surface area contributed by atoms with Crippen molar-refractivity contribution in [2.24, 2.45) is 0 Å². The molecule has 3 rings (SSSR count). The highest BCUT2D eigenvalue weighted by Gasteiger charge is 2.12. The number of thiophene rings is 1. The molecule has 2 heterocycles. The summed E-state index contributed by atoms with van der Waals surface area (Å²) in [5, 5.41) is 5.29. The zero-order chi connectivity index (χ0) is 17.1. The first-order chi connectivity index (χ1) is 11.5. The molecule has 0 fully saturated rings. The number of hydrogen-bond donors (Lipinski definition) is 1. The van der Waals surface area contributed by atoms with E-state index in [-0.39, 0.29) is 5.91 Å². The molecule has 1 aromatic carbocycles. The van der Waals surface area contributed by atoms with Crippen LogP contribution in [0.1, 0.15) is 21.8 Å². The predicted molar refractivity (Wildman–Crippen MR) is 96.3 cm³/mol. The number of aromatic nitrogens is 1. The minimum atomic E-state index is 0.00680. The Morgan fingerprint density at radius 3 is 2.83 bits per heavy atom. The topological polar surface area (TPSA) is 58.4 Å². The van der Waals surface area contributed by atoms with E-state index in [1.165, 1.54) is 0 Å². The second-order valence-electron chi connectivity index (χ2n) is 5.68. The summed E-state index contributed by atoms with van der Waals surface area (Å²) < 4.78 is 5.75. The lowest BCUT2D eigenvalue weighted by Crippen LogP contribution is -2.22. The van der Waals surface area contributed by atoms with Crippen LogP contribution >= 0.6 is 11.3 Å². The van der Waals surface area contributed by atoms with Gasteiger partial charge >= 0.3 is 0 Å². The van der Waals surface area contributed by atoms with Crippen molar-refractivity contribution in [3.8, 4) is 10.6 Å². The molecule has 0 bridgehead atoms. The molecule has 0 spiro atoms. The number of carbonyl (C=O) groups is 1. The lowest BCUT2D eigenvalue weighted by atomic mass is 10.1. The molecular formula is C18H19N3O2S. The summed E-state index contributed by atoms with van der Waals surface area (Å²) >= 11 is 1.62. The van der Waals surface area contributed by atoms with E-state index in [4.69, 9.17) is 4.42 Å². The number of carbonyl (C=O) groups excluding carboxylic acids is 1. The molecule has 1 N–H and O–H groups in total. The molecule has 0 saturated heterocycles. The van der Waals surface area contributed by atoms with Gasteiger partial charge in [0.15, 0.2) is 5.76 Å². The largest absolute Gasteiger partial charge is 0.438 e. The zero-order valence-electron chi connectivity index (χ0n) is 13.9. The molecule has 2 aromatic heterocycles. The Kier molecular flexibility index (Phi) is 4.66. The summed E-state index contributed by atoms with van der Waals surface area (Å²) in [5.41, 5.74) is 2.57. The maximum atomic E-state index is 12.1. The molecule has 6 heteroatoms. The van der Waals surface area contributed by atoms with Crippen molar-refractivity contribution in [3.63, 3.8) is 0 Å². The van der Waals surface area contributed by atoms with Crippen molar-refractivity contribution in [2.75, 3.05) is 19.4 Å². The van der Waals surface area contributed by atoms with Crippen LogP contribution in [0.4, 0.5) is 5.69 Å². The van der Waals surface area contributed by atoms with Crippen LogP contribution in [0.25, 0.3) is 10.6 Å². The van der Waals surface area contributed by atoms with E-state index in [0.29, 0.717) is 18.0 Å². The molecule has 24 heavy (non-hydrogen) atoms. The number of benzene rings is 1. The Morgan fingerprint density at radius 1 is 1.33 bits per heavy atom. The maximum Gasteiger partial charge on any atom is 0.253 e. The molecule has 3 aromatic rings. The van der Waals surface area contributed by atoms with Gasteiger partial charge < -0.3 is 14.6 Å². The molecule has 124 valence electrons. The van der Waals surface area contributed by atoms with Gasteiger partial charge in [0.25, 0.3) is 5.91 Å². The number of hydrogen-bond acceptors (Lipinski definition) is 5. The van der Waals surface area contributed by atoms with E-state index in [9.17, 15) is 4.79 Å². The normalized spacial score (nSPS) is 10.6. The Balaban J connectivity index is 1.67. The summed E-state index contributed by atoms with van der Waals surface area (Å²) in [6.45, 7) is 2.42. The van der Waals surface area contributed by atoms with Crippen LogP contribution in [0.15, 0.2) is 46.3 Å². The van der Waals surface area contributed by atoms with Crippen LogP contribution in [0.2, 0.25) is 0 Å². The van der Waals surface area contributed by atoms with Crippen LogP contribution in [0.5, 0.6) is 0 Å². The van der Waals surface area contributed by atoms with Gasteiger partial charge in [0.1, 0.15) is 0 Å². The standard InChI is InChI=1S/C18H19N3O2S/c1-12-9-13(6-7-14(12)18(22)21(2)3)19-11-17-20-10-15(23-17)16-5-4-8-24-16/h4-10,19H,11H2,1-3H3. The van der Waals surface area contributed by atoms with Gasteiger partial charge in [0.05, 0.1) is 17.6 Å². The van der Waals surface area contributed by atoms with Crippen molar-refractivity contribution in [1.82, 2.24) is 9.88 Å². The van der Waals surface area contributed by atoms with Crippen molar-refractivity contribution in [2.45, 2.75) is 13.5 Å². The van der Waals surface area contributed by atoms with Gasteiger partial charge in [-0.15, -0.1) is 11.3 Å². The van der Waals surface area contributed by atoms with E-state index in [0.717, 1.165) is 21.9 Å². The van der Waals surface area contributed by atoms with Gasteiger partial charge in [-0.1, -0.05) is 6.07 Å². The number of anilines is 1. The molecule has 0 saturated carbocycles. The predicted octanol–water partition coefficient (Wildman–Crippen LogP) is 4.03. The molecule has 0 aliphatic rings. The number of aryl methyl sites for hydroxylation is 1. The molecule has 0 unspecified atom stereocenters. The highest BCUT2D eigenvalue weighted by molar-refractivity contribution is 7.13. The Labute approximate surface area is 144 Å². The molecule has 0 aliphatic heterocycles. The third kappa shape index (κ3) is 3.49. The lowest BCUT2D eigenvalue weighted by Gasteiger charge is -2.13. The second-order valence-corrected chi connectivity index (χ2v) is 6.63. The quantitative estimate of drug-likeness (QED) is 0.761. The number of amides is 1. The fourth-order valence-corrected chi connectivity index (χ4v) is 3.03. The fraction of sp³-hybridized carbons (Fsp3) is 0.222. The SMILES string of the molecule is Cc1cc(NCc2ncc(-c3cccs3)o2)ccc1C(=O)N(C)C. The molecule has 1 amide bonds. The van der Waals surface area contributed by atoms with Gasteiger partial charge in [-0.05, 0) is 42.1 Å². The van der Waals surface area contributed by atoms with Gasteiger partial charge in [-0.3, -0.25) is 4.79 Å². The first-order valence-corrected chi connectivity index (χ1v) is 8.47. The Hall–Kier alpha value is -2.60. The fourth-order valence-electron chi connectivity index (χ4n) is 2.36. The summed E-state index contributed by atoms with van der Waals surface area (Å²) in [6.07, 6.45) is 1.74. The van der Waals surface area contributed by atoms with Crippen LogP contribution in [-0.2, 0) is 6.54 Å². The highest BCUT2D eigenvalue weighted by atomic mass is 32.1. The van der Waals surface area contributed by atoms with Gasteiger partial charge in [0, 0.05) is 25.3 Å². The zero-order valence-corrected chi connectivity index (χ0v) is 14.7. The summed E-state index contributed by atoms with van der Waals surface area (Å²) in [6, 6.07) is 9.69. The van der Waals surface area contributed by atoms with Crippen molar-refractivity contribution < 1.29 is 9.21 Å². The van der Waals surface area contributed by atoms with Crippen LogP contribution in [0, 0.1) is 6.92 Å². The Morgan fingerprint density at radius 2 is 2.17 bits per heavy atom. The van der Waals surface area contributed by atoms with E-state index in [2.05, 4.69) is 10.3 Å². The summed E-state index contributed by atoms with van der Waals surface area (Å²) in [5.74, 6) is 1.42. The van der Waals surface area contributed by atoms with Crippen molar-refractivity contribution in [3.05, 3.63) is 58.9 Å². The summed E-state index contributed by atoms with van der Waals surface area (Å²) in [4.78, 5) is 19.0. The van der Waals surface area contributed by atoms with E-state index >= 15 is 0 Å². The number of oxazole rings is 1. The second kappa shape index (κ2) is 6.88. The van der Waals surface area contributed by atoms with Gasteiger partial charge in [-0.25, -0.2) is 4.98 Å². The first kappa shape index (κ1) is 16.3. The number of nitrogens with one attached hydrogen (secondary N) is 1. The molecule has 0 aliphatic carbocycles. The molecular weight excluding hydrogens is 322 g/mol. The van der Waals surface area contributed by atoms with Crippen molar-refractivity contribution >= 4 is 22.9 Å². The average molecular weight is 341 g/mol. The van der Waals surface area contributed by atoms with Gasteiger partial charge in [-0.2, -0.15) is 0 Å². The average Bonchev–Trinajstić information content (AvgIpc) is 3.23. The maximum absolute atomic E-state index is 12.1. The molecule has 0 atom stereocenters. The van der Waals surface area contributed by atoms with E-state index < -0.39 is 0 Å². The lowest BCUT2D eigenvalue weighted by molar-refractivity contribution is 0.0827. The van der Waals surface area contributed by atoms with Gasteiger partial charge in [0.2, 0.25) is 5.89 Å². The Bertz CT molecular complexity index is 838. The van der Waals surface area contributed by atoms with Crippen LogP contribution in [0.3, 0.4) is 0 Å². The summed E-state index contributed by atoms with van der Waals surface area (Å²) in [7, 11) is 3.50. The van der Waals surface area contributed by atoms with Crippen LogP contribution in [-0.4, -0.2) is 29.9 Å². The van der Waals surface area contributed by atoms with Crippen LogP contribution < -0.4 is 5.32 Å². The number of nitrogens with zero attached hydrogens (tertiary/aromatic N) is 2.